The van der Waals surface area contributed by atoms with Crippen molar-refractivity contribution in [2.45, 2.75) is 78.9 Å². The third-order valence-corrected chi connectivity index (χ3v) is 127. The monoisotopic (exact) mass is 1070 g/mol. The molecule has 274 valence electrons. The number of carbonyl (C=O) groups is 1. The Labute approximate surface area is 328 Å². The van der Waals surface area contributed by atoms with Gasteiger partial charge in [-0.25, -0.2) is 0 Å². The van der Waals surface area contributed by atoms with Gasteiger partial charge in [-0.1, -0.05) is 50.7 Å². The van der Waals surface area contributed by atoms with Gasteiger partial charge in [0.2, 0.25) is 0 Å². The molecule has 0 radical (unpaired) electrons. The SMILES string of the molecule is C=CCC[C@H](C)[C@@]1(C)C[C@@H](OP(P(P)P)P(PP)P(P)P)C2=C(C)[C@@H](OP(P(P)P(P)P)P(P(P)P)P(P)P)CC(CC1=O)C2(C)C. The second kappa shape index (κ2) is 24.4. The van der Waals surface area contributed by atoms with Crippen LogP contribution in [0.25, 0.3) is 0 Å². The highest BCUT2D eigenvalue weighted by molar-refractivity contribution is 9.19. The van der Waals surface area contributed by atoms with Gasteiger partial charge in [0.05, 0.1) is 27.3 Å². The number of Topliss-reactive ketones (excluding diaryl/α,β-unsaturated/α-hetero) is 1. The van der Waals surface area contributed by atoms with Crippen LogP contribution in [0.1, 0.15) is 66.7 Å². The quantitative estimate of drug-likeness (QED) is 0.108. The van der Waals surface area contributed by atoms with E-state index < -0.39 is 27.5 Å². The number of hydrogen-bond acceptors (Lipinski definition) is 3. The lowest BCUT2D eigenvalue weighted by Crippen LogP contribution is -2.49. The zero-order valence-corrected chi connectivity index (χ0v) is 51.6. The largest absolute Gasteiger partial charge is 0.341 e. The average molecular weight is 1070 g/mol. The molecule has 0 saturated heterocycles. The van der Waals surface area contributed by atoms with Crippen molar-refractivity contribution in [1.29, 1.82) is 0 Å². The van der Waals surface area contributed by atoms with E-state index in [0.717, 1.165) is 33.6 Å². The summed E-state index contributed by atoms with van der Waals surface area (Å²) in [6.45, 7) is 13.2. The van der Waals surface area contributed by atoms with Crippen LogP contribution in [0.4, 0.5) is 0 Å². The van der Waals surface area contributed by atoms with E-state index >= 15 is 0 Å². The van der Waals surface area contributed by atoms with E-state index in [0.29, 0.717) is 12.2 Å². The van der Waals surface area contributed by atoms with Crippen LogP contribution in [0.5, 0.6) is 0 Å². The van der Waals surface area contributed by atoms with Crippen molar-refractivity contribution < 1.29 is 13.8 Å². The van der Waals surface area contributed by atoms with Crippen LogP contribution in [-0.4, -0.2) is 18.0 Å². The predicted octanol–water partition coefficient (Wildman–Crippen LogP) is 18.1. The summed E-state index contributed by atoms with van der Waals surface area (Å²) in [6, 6.07) is 0. The van der Waals surface area contributed by atoms with Crippen LogP contribution >= 0.6 is 186 Å². The van der Waals surface area contributed by atoms with Gasteiger partial charge in [0.15, 0.2) is 0 Å². The van der Waals surface area contributed by atoms with Gasteiger partial charge in [0, 0.05) is 32.8 Å². The number of fused-ring (bicyclic) bond motifs is 2. The highest BCUT2D eigenvalue weighted by Gasteiger charge is 2.54. The van der Waals surface area contributed by atoms with Gasteiger partial charge in [-0.3, -0.25) is 4.79 Å². The Balaban J connectivity index is 2.85. The Morgan fingerprint density at radius 3 is 1.89 bits per heavy atom. The minimum Gasteiger partial charge on any atom is -0.341 e. The summed E-state index contributed by atoms with van der Waals surface area (Å²) >= 11 is 0. The van der Waals surface area contributed by atoms with Gasteiger partial charge < -0.3 is 9.05 Å². The highest BCUT2D eigenvalue weighted by atomic mass is 33.2. The molecule has 0 amide bonds. The van der Waals surface area contributed by atoms with Crippen molar-refractivity contribution in [2.24, 2.45) is 22.7 Å². The molecule has 2 rings (SSSR count). The second-order valence-corrected chi connectivity index (χ2v) is 95.6. The van der Waals surface area contributed by atoms with Gasteiger partial charge in [-0.15, -0.1) is 105 Å². The first-order valence-corrected chi connectivity index (χ1v) is 54.9. The molecule has 22 atom stereocenters. The molecule has 2 aliphatic carbocycles. The average Bonchev–Trinajstić information content (AvgIpc) is 2.95. The molecule has 0 aromatic heterocycles. The third kappa shape index (κ3) is 14.3. The number of rotatable bonds is 17. The Kier molecular flexibility index (Phi) is 27.1. The summed E-state index contributed by atoms with van der Waals surface area (Å²) in [6.07, 6.45) is 6.11. The zero-order chi connectivity index (χ0) is 36.2. The fraction of sp³-hybridized carbons (Fsp3) is 0.762. The minimum absolute atomic E-state index is 0.0245. The molecular weight excluding hydrogens is 1010 g/mol. The molecule has 0 N–H and O–H groups in total. The molecule has 0 aliphatic heterocycles. The molecule has 2 bridgehead atoms. The van der Waals surface area contributed by atoms with E-state index in [1.807, 2.05) is 6.08 Å². The first-order valence-electron chi connectivity index (χ1n) is 14.5. The molecule has 0 aromatic carbocycles. The Morgan fingerprint density at radius 2 is 1.45 bits per heavy atom. The topological polar surface area (TPSA) is 35.5 Å². The summed E-state index contributed by atoms with van der Waals surface area (Å²) in [4.78, 5) is 14.7. The van der Waals surface area contributed by atoms with E-state index in [9.17, 15) is 4.79 Å². The maximum Gasteiger partial charge on any atom is 0.139 e. The lowest BCUT2D eigenvalue weighted by Gasteiger charge is -2.53. The first-order chi connectivity index (χ1) is 21.7. The van der Waals surface area contributed by atoms with Crippen LogP contribution in [0.15, 0.2) is 23.8 Å². The van der Waals surface area contributed by atoms with Crippen molar-refractivity contribution in [1.82, 2.24) is 0 Å². The zero-order valence-electron chi connectivity index (χ0n) is 27.8. The molecule has 2 aliphatic rings. The molecule has 18 unspecified atom stereocenters. The molecule has 47 heavy (non-hydrogen) atoms. The predicted molar refractivity (Wildman–Crippen MR) is 289 cm³/mol. The molecule has 1 saturated carbocycles. The van der Waals surface area contributed by atoms with E-state index in [1.54, 1.807) is 0 Å². The maximum atomic E-state index is 14.7. The Morgan fingerprint density at radius 1 is 0.894 bits per heavy atom. The molecule has 26 heteroatoms. The molecule has 0 spiro atoms. The first kappa shape index (κ1) is 52.1. The van der Waals surface area contributed by atoms with Crippen molar-refractivity contribution in [2.75, 3.05) is 0 Å². The molecule has 0 aromatic rings. The van der Waals surface area contributed by atoms with Crippen molar-refractivity contribution in [3.63, 3.8) is 0 Å². The standard InChI is InChI=1S/C21H57O3P23/c1-7-8-9-13(2)21(6)12-17(24-38(40(26)27)46(37-25)42(30)31)19-14(3)16(10-15(11-18(21)22)20(19,4)5)23-39(45(36)41(28)29)47(43(32)33)44(34)35/h7,13,15-17,37H,1,8-12,25-36H2,2-6H3/t13-,15?,16-,17+,21+,38?,39?,45?,46?/m0/s1. The summed E-state index contributed by atoms with van der Waals surface area (Å²) in [7, 11) is 37.1. The summed E-state index contributed by atoms with van der Waals surface area (Å²) in [5, 5.41) is 0. The highest BCUT2D eigenvalue weighted by Crippen LogP contribution is 3.18. The van der Waals surface area contributed by atoms with Crippen LogP contribution in [-0.2, 0) is 13.8 Å². The maximum absolute atomic E-state index is 14.7. The molecule has 0 heterocycles. The fourth-order valence-corrected chi connectivity index (χ4v) is 168. The van der Waals surface area contributed by atoms with Gasteiger partial charge in [-0.05, 0) is 95.9 Å². The summed E-state index contributed by atoms with van der Waals surface area (Å²) in [5.41, 5.74) is 2.24. The van der Waals surface area contributed by atoms with Crippen LogP contribution in [0.2, 0.25) is 0 Å². The third-order valence-electron chi connectivity index (χ3n) is 9.13. The van der Waals surface area contributed by atoms with Crippen LogP contribution in [0, 0.1) is 22.7 Å². The van der Waals surface area contributed by atoms with Crippen molar-refractivity contribution in [3.05, 3.63) is 23.8 Å². The number of hydrogen-bond donors (Lipinski definition) is 0. The fourth-order valence-electron chi connectivity index (χ4n) is 6.26. The van der Waals surface area contributed by atoms with Crippen LogP contribution < -0.4 is 0 Å². The Hall–Kier alpha value is 8.96. The summed E-state index contributed by atoms with van der Waals surface area (Å²) < 4.78 is 15.2. The van der Waals surface area contributed by atoms with Gasteiger partial charge >= 0.3 is 0 Å². The molecule has 3 nitrogen and oxygen atoms in total. The second-order valence-electron chi connectivity index (χ2n) is 12.4. The van der Waals surface area contributed by atoms with Gasteiger partial charge in [0.1, 0.15) is 5.78 Å². The van der Waals surface area contributed by atoms with E-state index in [2.05, 4.69) is 148 Å². The van der Waals surface area contributed by atoms with Crippen molar-refractivity contribution >= 4 is 192 Å². The number of allylic oxidation sites excluding steroid dienone is 1. The van der Waals surface area contributed by atoms with Crippen molar-refractivity contribution in [3.8, 4) is 0 Å². The van der Waals surface area contributed by atoms with Gasteiger partial charge in [-0.2, -0.15) is 0 Å². The summed E-state index contributed by atoms with van der Waals surface area (Å²) in [5.74, 6) is 0.895. The smallest absolute Gasteiger partial charge is 0.139 e. The molecule has 1 fully saturated rings. The minimum atomic E-state index is -0.682. The normalized spacial score (nSPS) is 28.9. The van der Waals surface area contributed by atoms with E-state index in [1.165, 1.54) is 11.1 Å². The number of carbonyl (C=O) groups excluding carboxylic acids is 1. The molecular formula is C21H57O3P23. The lowest BCUT2D eigenvalue weighted by molar-refractivity contribution is -0.136. The number of ketones is 1. The van der Waals surface area contributed by atoms with E-state index in [-0.39, 0.29) is 78.4 Å². The van der Waals surface area contributed by atoms with Crippen LogP contribution in [0.3, 0.4) is 0 Å². The lowest BCUT2D eigenvalue weighted by atomic mass is 9.55. The van der Waals surface area contributed by atoms with E-state index in [4.69, 9.17) is 9.05 Å². The van der Waals surface area contributed by atoms with Gasteiger partial charge in [0.25, 0.3) is 0 Å². The Bertz CT molecular complexity index is 1070.